The van der Waals surface area contributed by atoms with E-state index in [1.807, 2.05) is 38.1 Å². The summed E-state index contributed by atoms with van der Waals surface area (Å²) < 4.78 is 0. The zero-order chi connectivity index (χ0) is 22.0. The molecule has 4 fully saturated rings. The molecule has 0 heterocycles. The quantitative estimate of drug-likeness (QED) is 0.539. The molecule has 0 radical (unpaired) electrons. The molecule has 4 bridgehead atoms. The third kappa shape index (κ3) is 5.57. The summed E-state index contributed by atoms with van der Waals surface area (Å²) in [4.78, 5) is 36.5. The number of carbonyl (C=O) groups excluding carboxylic acids is 3. The predicted octanol–water partition coefficient (Wildman–Crippen LogP) is 2.96. The summed E-state index contributed by atoms with van der Waals surface area (Å²) in [5.41, 5.74) is 1.57. The van der Waals surface area contributed by atoms with Crippen molar-refractivity contribution < 1.29 is 14.4 Å². The van der Waals surface area contributed by atoms with Crippen LogP contribution in [-0.2, 0) is 16.0 Å². The Morgan fingerprint density at radius 2 is 1.52 bits per heavy atom. The van der Waals surface area contributed by atoms with Gasteiger partial charge in [0.25, 0.3) is 0 Å². The van der Waals surface area contributed by atoms with Crippen LogP contribution in [0.15, 0.2) is 24.3 Å². The smallest absolute Gasteiger partial charge is 0.321 e. The molecule has 4 amide bonds. The van der Waals surface area contributed by atoms with Crippen LogP contribution in [0.25, 0.3) is 0 Å². The Labute approximate surface area is 184 Å². The molecule has 168 valence electrons. The van der Waals surface area contributed by atoms with Crippen molar-refractivity contribution in [3.05, 3.63) is 29.8 Å². The van der Waals surface area contributed by atoms with Crippen molar-refractivity contribution in [3.63, 3.8) is 0 Å². The number of anilines is 1. The molecule has 31 heavy (non-hydrogen) atoms. The van der Waals surface area contributed by atoms with Gasteiger partial charge in [-0.15, -0.1) is 0 Å². The van der Waals surface area contributed by atoms with Gasteiger partial charge in [0.2, 0.25) is 11.8 Å². The van der Waals surface area contributed by atoms with Gasteiger partial charge in [-0.2, -0.15) is 0 Å². The van der Waals surface area contributed by atoms with E-state index in [2.05, 4.69) is 21.3 Å². The minimum Gasteiger partial charge on any atom is -0.376 e. The van der Waals surface area contributed by atoms with Gasteiger partial charge in [0.15, 0.2) is 0 Å². The van der Waals surface area contributed by atoms with Crippen LogP contribution in [0.4, 0.5) is 10.5 Å². The van der Waals surface area contributed by atoms with E-state index >= 15 is 0 Å². The van der Waals surface area contributed by atoms with Crippen LogP contribution in [0.5, 0.6) is 0 Å². The second-order valence-electron chi connectivity index (χ2n) is 10.1. The van der Waals surface area contributed by atoms with E-state index in [0.717, 1.165) is 48.3 Å². The van der Waals surface area contributed by atoms with E-state index in [1.54, 1.807) is 0 Å². The van der Waals surface area contributed by atoms with Gasteiger partial charge >= 0.3 is 6.03 Å². The Morgan fingerprint density at radius 3 is 2.06 bits per heavy atom. The molecule has 0 atom stereocenters. The normalized spacial score (nSPS) is 28.3. The molecule has 7 heteroatoms. The zero-order valence-corrected chi connectivity index (χ0v) is 18.5. The first kappa shape index (κ1) is 21.7. The third-order valence-corrected chi connectivity index (χ3v) is 6.89. The van der Waals surface area contributed by atoms with E-state index in [1.165, 1.54) is 19.3 Å². The molecule has 0 aromatic heterocycles. The maximum Gasteiger partial charge on any atom is 0.321 e. The summed E-state index contributed by atoms with van der Waals surface area (Å²) in [6.07, 6.45) is 7.43. The van der Waals surface area contributed by atoms with Crippen molar-refractivity contribution >= 4 is 23.5 Å². The van der Waals surface area contributed by atoms with Crippen molar-refractivity contribution in [2.24, 2.45) is 17.8 Å². The van der Waals surface area contributed by atoms with Crippen molar-refractivity contribution in [1.29, 1.82) is 0 Å². The highest BCUT2D eigenvalue weighted by Crippen LogP contribution is 2.55. The Bertz CT molecular complexity index is 798. The number of amides is 4. The summed E-state index contributed by atoms with van der Waals surface area (Å²) in [5, 5.41) is 11.5. The molecule has 1 aromatic rings. The van der Waals surface area contributed by atoms with E-state index in [-0.39, 0.29) is 36.0 Å². The van der Waals surface area contributed by atoms with Gasteiger partial charge < -0.3 is 16.0 Å². The molecule has 0 unspecified atom stereocenters. The molecule has 4 saturated carbocycles. The van der Waals surface area contributed by atoms with Gasteiger partial charge in [0.1, 0.15) is 0 Å². The van der Waals surface area contributed by atoms with E-state index in [0.29, 0.717) is 6.42 Å². The molecule has 5 rings (SSSR count). The van der Waals surface area contributed by atoms with Crippen molar-refractivity contribution in [3.8, 4) is 0 Å². The van der Waals surface area contributed by atoms with Gasteiger partial charge in [0.05, 0.1) is 13.0 Å². The molecule has 4 N–H and O–H groups in total. The summed E-state index contributed by atoms with van der Waals surface area (Å²) in [7, 11) is 0. The third-order valence-electron chi connectivity index (χ3n) is 6.89. The maximum absolute atomic E-state index is 12.5. The highest BCUT2D eigenvalue weighted by atomic mass is 16.2. The number of imide groups is 1. The molecular weight excluding hydrogens is 392 g/mol. The summed E-state index contributed by atoms with van der Waals surface area (Å²) in [5.74, 6) is 1.85. The number of hydrogen-bond donors (Lipinski definition) is 4. The Kier molecular flexibility index (Phi) is 6.21. The van der Waals surface area contributed by atoms with Gasteiger partial charge in [0, 0.05) is 17.3 Å². The second kappa shape index (κ2) is 8.89. The van der Waals surface area contributed by atoms with Gasteiger partial charge in [-0.05, 0) is 87.8 Å². The second-order valence-corrected chi connectivity index (χ2v) is 10.1. The minimum absolute atomic E-state index is 0.0138. The van der Waals surface area contributed by atoms with Gasteiger partial charge in [-0.3, -0.25) is 14.9 Å². The van der Waals surface area contributed by atoms with Crippen molar-refractivity contribution in [2.75, 3.05) is 11.9 Å². The fourth-order valence-electron chi connectivity index (χ4n) is 6.19. The summed E-state index contributed by atoms with van der Waals surface area (Å²) in [6.45, 7) is 3.88. The first-order valence-corrected chi connectivity index (χ1v) is 11.5. The number of hydrogen-bond acceptors (Lipinski definition) is 4. The number of benzene rings is 1. The minimum atomic E-state index is -0.375. The topological polar surface area (TPSA) is 99.3 Å². The average Bonchev–Trinajstić information content (AvgIpc) is 2.65. The van der Waals surface area contributed by atoms with Crippen LogP contribution in [0, 0.1) is 17.8 Å². The fourth-order valence-corrected chi connectivity index (χ4v) is 6.19. The average molecular weight is 427 g/mol. The van der Waals surface area contributed by atoms with Crippen LogP contribution < -0.4 is 21.3 Å². The fraction of sp³-hybridized carbons (Fsp3) is 0.625. The lowest BCUT2D eigenvalue weighted by Crippen LogP contribution is -2.62. The van der Waals surface area contributed by atoms with Gasteiger partial charge in [-0.1, -0.05) is 12.1 Å². The lowest BCUT2D eigenvalue weighted by Gasteiger charge is -2.56. The summed E-state index contributed by atoms with van der Waals surface area (Å²) in [6, 6.07) is 7.13. The largest absolute Gasteiger partial charge is 0.376 e. The molecule has 7 nitrogen and oxygen atoms in total. The predicted molar refractivity (Wildman–Crippen MR) is 119 cm³/mol. The van der Waals surface area contributed by atoms with Crippen LogP contribution in [0.3, 0.4) is 0 Å². The van der Waals surface area contributed by atoms with E-state index in [4.69, 9.17) is 0 Å². The molecular formula is C24H34N4O3. The standard InChI is InChI=1S/C24H34N4O3/c1-15(2)26-21(29)10-16-3-5-20(6-4-16)25-14-22(30)27-23(31)28-24-11-17-7-18(12-24)9-19(8-17)13-24/h3-6,15,17-19,25H,7-14H2,1-2H3,(H,26,29)(H2,27,28,30,31). The number of urea groups is 1. The number of carbonyl (C=O) groups is 3. The molecule has 0 saturated heterocycles. The van der Waals surface area contributed by atoms with Crippen molar-refractivity contribution in [2.45, 2.75) is 70.4 Å². The van der Waals surface area contributed by atoms with Crippen LogP contribution >= 0.6 is 0 Å². The highest BCUT2D eigenvalue weighted by molar-refractivity contribution is 5.96. The van der Waals surface area contributed by atoms with Crippen LogP contribution in [0.2, 0.25) is 0 Å². The number of rotatable bonds is 7. The first-order valence-electron chi connectivity index (χ1n) is 11.5. The molecule has 4 aliphatic rings. The first-order chi connectivity index (χ1) is 14.8. The lowest BCUT2D eigenvalue weighted by atomic mass is 9.53. The lowest BCUT2D eigenvalue weighted by molar-refractivity contribution is -0.121. The highest BCUT2D eigenvalue weighted by Gasteiger charge is 2.51. The van der Waals surface area contributed by atoms with Crippen molar-refractivity contribution in [1.82, 2.24) is 16.0 Å². The van der Waals surface area contributed by atoms with E-state index < -0.39 is 0 Å². The maximum atomic E-state index is 12.5. The van der Waals surface area contributed by atoms with Crippen LogP contribution in [-0.4, -0.2) is 36.0 Å². The van der Waals surface area contributed by atoms with Gasteiger partial charge in [-0.25, -0.2) is 4.79 Å². The number of nitrogens with one attached hydrogen (secondary N) is 4. The Morgan fingerprint density at radius 1 is 0.935 bits per heavy atom. The molecule has 0 aliphatic heterocycles. The zero-order valence-electron chi connectivity index (χ0n) is 18.5. The summed E-state index contributed by atoms with van der Waals surface area (Å²) >= 11 is 0. The Balaban J connectivity index is 1.20. The molecule has 1 aromatic carbocycles. The van der Waals surface area contributed by atoms with Crippen LogP contribution in [0.1, 0.15) is 57.9 Å². The monoisotopic (exact) mass is 426 g/mol. The SMILES string of the molecule is CC(C)NC(=O)Cc1ccc(NCC(=O)NC(=O)NC23CC4CC(CC(C4)C2)C3)cc1. The molecule has 4 aliphatic carbocycles. The van der Waals surface area contributed by atoms with E-state index in [9.17, 15) is 14.4 Å². The Hall–Kier alpha value is -2.57. The molecule has 0 spiro atoms.